The lowest BCUT2D eigenvalue weighted by Gasteiger charge is -2.31. The van der Waals surface area contributed by atoms with Crippen LogP contribution in [-0.4, -0.2) is 55.9 Å². The molecule has 0 aromatic carbocycles. The average Bonchev–Trinajstić information content (AvgIpc) is 2.64. The van der Waals surface area contributed by atoms with E-state index in [1.165, 1.54) is 4.80 Å². The fraction of sp³-hybridized carbons (Fsp3) is 0.750. The number of rotatable bonds is 3. The van der Waals surface area contributed by atoms with Crippen molar-refractivity contribution < 1.29 is 4.74 Å². The van der Waals surface area contributed by atoms with Crippen LogP contribution in [0.3, 0.4) is 0 Å². The van der Waals surface area contributed by atoms with Crippen molar-refractivity contribution >= 4 is 17.2 Å². The highest BCUT2D eigenvalue weighted by atomic mass is 32.1. The first kappa shape index (κ1) is 11.4. The molecule has 1 aromatic rings. The third-order valence-electron chi connectivity index (χ3n) is 2.38. The fourth-order valence-corrected chi connectivity index (χ4v) is 1.75. The molecular formula is C8H14N6OS. The third-order valence-corrected chi connectivity index (χ3v) is 2.65. The summed E-state index contributed by atoms with van der Waals surface area (Å²) < 4.78 is 5.44. The van der Waals surface area contributed by atoms with Crippen LogP contribution in [0.2, 0.25) is 0 Å². The minimum absolute atomic E-state index is 0.166. The Bertz CT molecular complexity index is 380. The zero-order chi connectivity index (χ0) is 11.5. The molecule has 7 nitrogen and oxygen atoms in total. The van der Waals surface area contributed by atoms with E-state index in [-0.39, 0.29) is 6.10 Å². The van der Waals surface area contributed by atoms with Gasteiger partial charge in [-0.1, -0.05) is 12.2 Å². The highest BCUT2D eigenvalue weighted by molar-refractivity contribution is 7.80. The second-order valence-corrected chi connectivity index (χ2v) is 4.16. The Balaban J connectivity index is 1.92. The molecule has 1 unspecified atom stereocenters. The summed E-state index contributed by atoms with van der Waals surface area (Å²) in [7, 11) is 1.74. The van der Waals surface area contributed by atoms with Crippen LogP contribution in [0, 0.1) is 0 Å². The van der Waals surface area contributed by atoms with Gasteiger partial charge >= 0.3 is 0 Å². The quantitative estimate of drug-likeness (QED) is 0.659. The number of aromatic nitrogens is 4. The van der Waals surface area contributed by atoms with Crippen molar-refractivity contribution in [2.75, 3.05) is 19.7 Å². The van der Waals surface area contributed by atoms with Gasteiger partial charge in [0.05, 0.1) is 20.2 Å². The Kier molecular flexibility index (Phi) is 3.42. The van der Waals surface area contributed by atoms with E-state index in [0.29, 0.717) is 30.5 Å². The van der Waals surface area contributed by atoms with Gasteiger partial charge in [0.1, 0.15) is 11.1 Å². The van der Waals surface area contributed by atoms with Gasteiger partial charge in [-0.2, -0.15) is 4.80 Å². The number of morpholine rings is 1. The highest BCUT2D eigenvalue weighted by Crippen LogP contribution is 2.07. The molecule has 2 rings (SSSR count). The predicted molar refractivity (Wildman–Crippen MR) is 60.6 cm³/mol. The maximum atomic E-state index is 5.56. The number of hydrogen-bond donors (Lipinski definition) is 1. The lowest BCUT2D eigenvalue weighted by atomic mass is 10.2. The zero-order valence-electron chi connectivity index (χ0n) is 9.04. The Morgan fingerprint density at radius 1 is 1.69 bits per heavy atom. The predicted octanol–water partition coefficient (Wildman–Crippen LogP) is -1.30. The van der Waals surface area contributed by atoms with E-state index in [1.54, 1.807) is 7.05 Å². The highest BCUT2D eigenvalue weighted by Gasteiger charge is 2.23. The smallest absolute Gasteiger partial charge is 0.188 e. The second-order valence-electron chi connectivity index (χ2n) is 3.69. The topological polar surface area (TPSA) is 82.1 Å². The zero-order valence-corrected chi connectivity index (χ0v) is 9.85. The summed E-state index contributed by atoms with van der Waals surface area (Å²) >= 11 is 4.92. The molecule has 88 valence electrons. The number of nitrogens with two attached hydrogens (primary N) is 1. The number of thiocarbonyl (C=S) groups is 1. The van der Waals surface area contributed by atoms with Crippen molar-refractivity contribution in [1.29, 1.82) is 0 Å². The van der Waals surface area contributed by atoms with Gasteiger partial charge in [0.2, 0.25) is 0 Å². The largest absolute Gasteiger partial charge is 0.391 e. The van der Waals surface area contributed by atoms with E-state index < -0.39 is 0 Å². The van der Waals surface area contributed by atoms with Crippen LogP contribution in [0.1, 0.15) is 5.82 Å². The summed E-state index contributed by atoms with van der Waals surface area (Å²) in [6.45, 7) is 2.80. The molecule has 0 saturated carbocycles. The summed E-state index contributed by atoms with van der Waals surface area (Å²) in [6.07, 6.45) is -0.166. The molecular weight excluding hydrogens is 228 g/mol. The van der Waals surface area contributed by atoms with Crippen LogP contribution in [-0.2, 0) is 18.3 Å². The van der Waals surface area contributed by atoms with E-state index >= 15 is 0 Å². The molecule has 1 fully saturated rings. The Morgan fingerprint density at radius 2 is 2.50 bits per heavy atom. The van der Waals surface area contributed by atoms with Gasteiger partial charge in [0, 0.05) is 13.1 Å². The van der Waals surface area contributed by atoms with Crippen molar-refractivity contribution in [2.45, 2.75) is 12.6 Å². The molecule has 0 aliphatic carbocycles. The first-order valence-electron chi connectivity index (χ1n) is 5.01. The number of tetrazole rings is 1. The van der Waals surface area contributed by atoms with Gasteiger partial charge in [0.25, 0.3) is 0 Å². The first-order valence-corrected chi connectivity index (χ1v) is 5.42. The van der Waals surface area contributed by atoms with Crippen LogP contribution < -0.4 is 5.73 Å². The minimum Gasteiger partial charge on any atom is -0.391 e. The average molecular weight is 242 g/mol. The van der Waals surface area contributed by atoms with Crippen LogP contribution >= 0.6 is 12.2 Å². The Labute approximate surface area is 98.5 Å². The van der Waals surface area contributed by atoms with E-state index in [1.807, 2.05) is 0 Å². The van der Waals surface area contributed by atoms with Gasteiger partial charge in [-0.05, 0) is 5.21 Å². The van der Waals surface area contributed by atoms with Crippen LogP contribution in [0.15, 0.2) is 0 Å². The van der Waals surface area contributed by atoms with Gasteiger partial charge in [0.15, 0.2) is 5.82 Å². The molecule has 16 heavy (non-hydrogen) atoms. The number of hydrogen-bond acceptors (Lipinski definition) is 6. The Hall–Kier alpha value is -1.12. The third kappa shape index (κ3) is 2.71. The first-order chi connectivity index (χ1) is 7.65. The van der Waals surface area contributed by atoms with Gasteiger partial charge in [-0.15, -0.1) is 10.2 Å². The molecule has 2 N–H and O–H groups in total. The molecule has 1 aliphatic rings. The second kappa shape index (κ2) is 4.81. The van der Waals surface area contributed by atoms with E-state index in [9.17, 15) is 0 Å². The number of nitrogens with zero attached hydrogens (tertiary/aromatic N) is 5. The summed E-state index contributed by atoms with van der Waals surface area (Å²) in [5.74, 6) is 0.700. The molecule has 1 aliphatic heterocycles. The molecule has 8 heteroatoms. The van der Waals surface area contributed by atoms with E-state index in [2.05, 4.69) is 20.3 Å². The van der Waals surface area contributed by atoms with Crippen molar-refractivity contribution in [3.8, 4) is 0 Å². The van der Waals surface area contributed by atoms with E-state index in [4.69, 9.17) is 22.7 Å². The van der Waals surface area contributed by atoms with Crippen LogP contribution in [0.5, 0.6) is 0 Å². The summed E-state index contributed by atoms with van der Waals surface area (Å²) in [4.78, 5) is 4.00. The SMILES string of the molecule is Cn1nnc(CN2CCOC(C(N)=S)C2)n1. The van der Waals surface area contributed by atoms with Crippen LogP contribution in [0.4, 0.5) is 0 Å². The van der Waals surface area contributed by atoms with Gasteiger partial charge in [-0.25, -0.2) is 0 Å². The molecule has 1 atom stereocenters. The normalized spacial score (nSPS) is 22.2. The number of aryl methyl sites for hydroxylation is 1. The van der Waals surface area contributed by atoms with Gasteiger partial charge < -0.3 is 10.5 Å². The molecule has 2 heterocycles. The molecule has 0 radical (unpaired) electrons. The summed E-state index contributed by atoms with van der Waals surface area (Å²) in [5, 5.41) is 11.8. The minimum atomic E-state index is -0.166. The van der Waals surface area contributed by atoms with Crippen molar-refractivity contribution in [3.05, 3.63) is 5.82 Å². The summed E-state index contributed by atoms with van der Waals surface area (Å²) in [6, 6.07) is 0. The lowest BCUT2D eigenvalue weighted by Crippen LogP contribution is -2.47. The van der Waals surface area contributed by atoms with Crippen molar-refractivity contribution in [3.63, 3.8) is 0 Å². The maximum absolute atomic E-state index is 5.56. The fourth-order valence-electron chi connectivity index (χ4n) is 1.60. The van der Waals surface area contributed by atoms with Crippen LogP contribution in [0.25, 0.3) is 0 Å². The standard InChI is InChI=1S/C8H14N6OS/c1-13-11-7(10-12-13)5-14-2-3-15-6(4-14)8(9)16/h6H,2-5H2,1H3,(H2,9,16). The molecule has 1 aromatic heterocycles. The van der Waals surface area contributed by atoms with Crippen molar-refractivity contribution in [1.82, 2.24) is 25.1 Å². The van der Waals surface area contributed by atoms with Crippen molar-refractivity contribution in [2.24, 2.45) is 12.8 Å². The Morgan fingerprint density at radius 3 is 3.12 bits per heavy atom. The maximum Gasteiger partial charge on any atom is 0.188 e. The molecule has 0 amide bonds. The van der Waals surface area contributed by atoms with E-state index in [0.717, 1.165) is 6.54 Å². The monoisotopic (exact) mass is 242 g/mol. The lowest BCUT2D eigenvalue weighted by molar-refractivity contribution is 0.00294. The molecule has 0 bridgehead atoms. The molecule has 1 saturated heterocycles. The van der Waals surface area contributed by atoms with Gasteiger partial charge in [-0.3, -0.25) is 4.90 Å². The number of ether oxygens (including phenoxy) is 1. The molecule has 0 spiro atoms. The summed E-state index contributed by atoms with van der Waals surface area (Å²) in [5.41, 5.74) is 5.56.